The summed E-state index contributed by atoms with van der Waals surface area (Å²) in [7, 11) is 1.01. The first-order valence-corrected chi connectivity index (χ1v) is 11.8. The molecular formula is C28H32BNO5. The normalized spacial score (nSPS) is 16.8. The minimum Gasteiger partial charge on any atom is -0.496 e. The van der Waals surface area contributed by atoms with Crippen molar-refractivity contribution in [2.24, 2.45) is 0 Å². The number of benzene rings is 3. The quantitative estimate of drug-likeness (QED) is 0.440. The number of carbonyl (C=O) groups is 1. The highest BCUT2D eigenvalue weighted by molar-refractivity contribution is 6.56. The zero-order chi connectivity index (χ0) is 25.1. The smallest absolute Gasteiger partial charge is 0.492 e. The van der Waals surface area contributed by atoms with Crippen LogP contribution in [0.15, 0.2) is 72.2 Å². The van der Waals surface area contributed by atoms with Crippen LogP contribution in [0.1, 0.15) is 38.8 Å². The molecule has 3 aromatic rings. The number of amides is 1. The second kappa shape index (κ2) is 10.1. The Hall–Kier alpha value is -3.29. The molecule has 4 rings (SSSR count). The van der Waals surface area contributed by atoms with Gasteiger partial charge in [0.1, 0.15) is 12.4 Å². The summed E-state index contributed by atoms with van der Waals surface area (Å²) < 4.78 is 23.7. The monoisotopic (exact) mass is 473 g/mol. The van der Waals surface area contributed by atoms with Gasteiger partial charge in [0, 0.05) is 12.1 Å². The first-order valence-electron chi connectivity index (χ1n) is 11.8. The lowest BCUT2D eigenvalue weighted by Gasteiger charge is -2.32. The van der Waals surface area contributed by atoms with Gasteiger partial charge in [0.05, 0.1) is 18.3 Å². The predicted molar refractivity (Wildman–Crippen MR) is 139 cm³/mol. The lowest BCUT2D eigenvalue weighted by Crippen LogP contribution is -2.41. The van der Waals surface area contributed by atoms with Crippen molar-refractivity contribution in [3.05, 3.63) is 83.3 Å². The van der Waals surface area contributed by atoms with E-state index in [2.05, 4.69) is 11.4 Å². The van der Waals surface area contributed by atoms with E-state index >= 15 is 0 Å². The van der Waals surface area contributed by atoms with Gasteiger partial charge in [-0.3, -0.25) is 0 Å². The molecule has 0 spiro atoms. The van der Waals surface area contributed by atoms with Crippen molar-refractivity contribution in [1.82, 2.24) is 5.32 Å². The average Bonchev–Trinajstić information content (AvgIpc) is 3.07. The van der Waals surface area contributed by atoms with Crippen LogP contribution in [-0.2, 0) is 20.7 Å². The Morgan fingerprint density at radius 3 is 2.29 bits per heavy atom. The molecule has 3 aromatic carbocycles. The van der Waals surface area contributed by atoms with Crippen molar-refractivity contribution in [2.75, 3.05) is 13.7 Å². The molecule has 0 radical (unpaired) electrons. The summed E-state index contributed by atoms with van der Waals surface area (Å²) in [6.07, 6.45) is 1.47. The van der Waals surface area contributed by atoms with Crippen LogP contribution in [0, 0.1) is 0 Å². The Morgan fingerprint density at radius 1 is 0.943 bits per heavy atom. The summed E-state index contributed by atoms with van der Waals surface area (Å²) in [4.78, 5) is 12.5. The molecule has 0 unspecified atom stereocenters. The van der Waals surface area contributed by atoms with E-state index in [9.17, 15) is 4.79 Å². The van der Waals surface area contributed by atoms with E-state index in [4.69, 9.17) is 18.8 Å². The number of carbonyl (C=O) groups excluding carboxylic acids is 1. The predicted octanol–water partition coefficient (Wildman–Crippen LogP) is 5.79. The maximum atomic E-state index is 12.5. The fourth-order valence-electron chi connectivity index (χ4n) is 3.93. The highest BCUT2D eigenvalue weighted by Gasteiger charge is 2.52. The summed E-state index contributed by atoms with van der Waals surface area (Å²) in [5.41, 5.74) is 1.54. The molecule has 35 heavy (non-hydrogen) atoms. The van der Waals surface area contributed by atoms with Crippen LogP contribution in [0.3, 0.4) is 0 Å². The fourth-order valence-corrected chi connectivity index (χ4v) is 3.93. The van der Waals surface area contributed by atoms with E-state index in [-0.39, 0.29) is 13.2 Å². The van der Waals surface area contributed by atoms with Crippen LogP contribution in [0.4, 0.5) is 4.79 Å². The van der Waals surface area contributed by atoms with Gasteiger partial charge in [-0.1, -0.05) is 66.7 Å². The van der Waals surface area contributed by atoms with E-state index in [1.54, 1.807) is 7.11 Å². The molecule has 0 aliphatic carbocycles. The van der Waals surface area contributed by atoms with Crippen LogP contribution in [0.25, 0.3) is 16.8 Å². The number of rotatable bonds is 7. The summed E-state index contributed by atoms with van der Waals surface area (Å²) in [6, 6.07) is 21.6. The summed E-state index contributed by atoms with van der Waals surface area (Å²) in [6.45, 7) is 8.40. The second-order valence-corrected chi connectivity index (χ2v) is 9.63. The Balaban J connectivity index is 1.62. The van der Waals surface area contributed by atoms with Crippen LogP contribution < -0.4 is 10.1 Å². The molecule has 1 saturated heterocycles. The Morgan fingerprint density at radius 2 is 1.60 bits per heavy atom. The van der Waals surface area contributed by atoms with Gasteiger partial charge in [0.2, 0.25) is 0 Å². The van der Waals surface area contributed by atoms with Crippen LogP contribution in [0.5, 0.6) is 5.75 Å². The Bertz CT molecular complexity index is 1210. The lowest BCUT2D eigenvalue weighted by atomic mass is 9.76. The molecule has 1 fully saturated rings. The maximum absolute atomic E-state index is 12.5. The van der Waals surface area contributed by atoms with Crippen molar-refractivity contribution in [1.29, 1.82) is 0 Å². The van der Waals surface area contributed by atoms with Gasteiger partial charge < -0.3 is 24.1 Å². The van der Waals surface area contributed by atoms with Gasteiger partial charge in [0.15, 0.2) is 0 Å². The molecule has 1 amide bonds. The third-order valence-corrected chi connectivity index (χ3v) is 6.69. The van der Waals surface area contributed by atoms with Crippen LogP contribution in [-0.4, -0.2) is 38.1 Å². The number of hydrogen-bond donors (Lipinski definition) is 1. The minimum atomic E-state index is -0.641. The Labute approximate surface area is 207 Å². The number of ether oxygens (including phenoxy) is 2. The third kappa shape index (κ3) is 5.52. The van der Waals surface area contributed by atoms with Gasteiger partial charge in [0.25, 0.3) is 0 Å². The van der Waals surface area contributed by atoms with Crippen LogP contribution in [0.2, 0.25) is 0 Å². The standard InChI is InChI=1S/C28H32BNO5/c1-27(2)28(3,4)35-29(34-27)22(18-30-26(31)33-19-20-11-7-6-8-12-20)17-24-23-14-10-9-13-21(23)15-16-25(24)32-5/h6-17H,18-19H2,1-5H3,(H,30,31). The SMILES string of the molecule is COc1ccc2ccccc2c1C=C(CNC(=O)OCc1ccccc1)B1OC(C)(C)C(C)(C)O1. The van der Waals surface area contributed by atoms with Gasteiger partial charge >= 0.3 is 13.2 Å². The molecule has 0 aromatic heterocycles. The highest BCUT2D eigenvalue weighted by atomic mass is 16.7. The molecule has 182 valence electrons. The molecule has 0 saturated carbocycles. The van der Waals surface area contributed by atoms with E-state index in [1.165, 1.54) is 0 Å². The van der Waals surface area contributed by atoms with E-state index < -0.39 is 24.4 Å². The Kier molecular flexibility index (Phi) is 7.19. The van der Waals surface area contributed by atoms with E-state index in [1.807, 2.05) is 94.4 Å². The van der Waals surface area contributed by atoms with E-state index in [0.717, 1.165) is 33.1 Å². The van der Waals surface area contributed by atoms with Gasteiger partial charge in [-0.15, -0.1) is 0 Å². The van der Waals surface area contributed by atoms with Gasteiger partial charge in [-0.05, 0) is 55.6 Å². The van der Waals surface area contributed by atoms with Crippen molar-refractivity contribution in [2.45, 2.75) is 45.5 Å². The maximum Gasteiger partial charge on any atom is 0.492 e. The molecule has 7 heteroatoms. The summed E-state index contributed by atoms with van der Waals surface area (Å²) in [5, 5.41) is 4.98. The highest BCUT2D eigenvalue weighted by Crippen LogP contribution is 2.39. The van der Waals surface area contributed by atoms with E-state index in [0.29, 0.717) is 0 Å². The first-order chi connectivity index (χ1) is 16.7. The first kappa shape index (κ1) is 24.8. The second-order valence-electron chi connectivity index (χ2n) is 9.63. The molecule has 1 aliphatic rings. The molecule has 0 bridgehead atoms. The van der Waals surface area contributed by atoms with Crippen molar-refractivity contribution in [3.63, 3.8) is 0 Å². The summed E-state index contributed by atoms with van der Waals surface area (Å²) in [5.74, 6) is 0.726. The molecular weight excluding hydrogens is 441 g/mol. The zero-order valence-corrected chi connectivity index (χ0v) is 21.0. The topological polar surface area (TPSA) is 66.0 Å². The number of methoxy groups -OCH3 is 1. The van der Waals surface area contributed by atoms with Crippen molar-refractivity contribution < 1.29 is 23.6 Å². The summed E-state index contributed by atoms with van der Waals surface area (Å²) >= 11 is 0. The molecule has 1 N–H and O–H groups in total. The molecule has 1 aliphatic heterocycles. The number of alkyl carbamates (subject to hydrolysis) is 1. The van der Waals surface area contributed by atoms with Crippen LogP contribution >= 0.6 is 0 Å². The number of nitrogens with one attached hydrogen (secondary N) is 1. The van der Waals surface area contributed by atoms with Crippen molar-refractivity contribution in [3.8, 4) is 5.75 Å². The van der Waals surface area contributed by atoms with Gasteiger partial charge in [-0.2, -0.15) is 0 Å². The number of hydrogen-bond acceptors (Lipinski definition) is 5. The fraction of sp³-hybridized carbons (Fsp3) is 0.321. The zero-order valence-electron chi connectivity index (χ0n) is 21.0. The minimum absolute atomic E-state index is 0.191. The average molecular weight is 473 g/mol. The van der Waals surface area contributed by atoms with Crippen molar-refractivity contribution >= 4 is 30.1 Å². The molecule has 0 atom stereocenters. The molecule has 6 nitrogen and oxygen atoms in total. The third-order valence-electron chi connectivity index (χ3n) is 6.69. The van der Waals surface area contributed by atoms with Gasteiger partial charge in [-0.25, -0.2) is 4.79 Å². The largest absolute Gasteiger partial charge is 0.496 e. The number of fused-ring (bicyclic) bond motifs is 1. The molecule has 1 heterocycles. The lowest BCUT2D eigenvalue weighted by molar-refractivity contribution is 0.00578.